The molecule has 0 aliphatic carbocycles. The van der Waals surface area contributed by atoms with Gasteiger partial charge in [0.2, 0.25) is 0 Å². The van der Waals surface area contributed by atoms with Crippen LogP contribution in [0.3, 0.4) is 0 Å². The maximum Gasteiger partial charge on any atom is 0.328 e. The Morgan fingerprint density at radius 3 is 3.11 bits per heavy atom. The van der Waals surface area contributed by atoms with Gasteiger partial charge in [-0.1, -0.05) is 0 Å². The molecule has 2 unspecified atom stereocenters. The van der Waals surface area contributed by atoms with Gasteiger partial charge in [-0.15, -0.1) is 0 Å². The van der Waals surface area contributed by atoms with Gasteiger partial charge in [0.15, 0.2) is 6.04 Å². The zero-order valence-electron chi connectivity index (χ0n) is 10.4. The second-order valence-corrected chi connectivity index (χ2v) is 4.16. The lowest BCUT2D eigenvalue weighted by atomic mass is 10.2. The van der Waals surface area contributed by atoms with Crippen LogP contribution in [0.5, 0.6) is 0 Å². The van der Waals surface area contributed by atoms with E-state index in [4.69, 9.17) is 9.84 Å². The molecule has 9 heteroatoms. The van der Waals surface area contributed by atoms with E-state index in [1.54, 1.807) is 6.92 Å². The molecule has 0 spiro atoms. The van der Waals surface area contributed by atoms with E-state index in [1.807, 2.05) is 0 Å². The number of carboxylic acids is 1. The Morgan fingerprint density at radius 2 is 2.47 bits per heavy atom. The summed E-state index contributed by atoms with van der Waals surface area (Å²) in [6, 6.07) is -1.80. The lowest BCUT2D eigenvalue weighted by Gasteiger charge is -2.33. The molecule has 9 nitrogen and oxygen atoms in total. The number of nitrogens with zero attached hydrogens (tertiary/aromatic N) is 3. The molecule has 2 atom stereocenters. The van der Waals surface area contributed by atoms with Crippen molar-refractivity contribution in [3.63, 3.8) is 0 Å². The number of carbonyl (C=O) groups is 2. The predicted molar refractivity (Wildman–Crippen MR) is 62.3 cm³/mol. The van der Waals surface area contributed by atoms with E-state index < -0.39 is 18.0 Å². The van der Waals surface area contributed by atoms with Crippen molar-refractivity contribution in [1.82, 2.24) is 25.4 Å². The van der Waals surface area contributed by atoms with Crippen molar-refractivity contribution in [2.45, 2.75) is 19.0 Å². The summed E-state index contributed by atoms with van der Waals surface area (Å²) in [5.74, 6) is -0.573. The molecule has 2 amide bonds. The molecular weight excluding hydrogens is 254 g/mol. The molecule has 1 fully saturated rings. The van der Waals surface area contributed by atoms with E-state index in [2.05, 4.69) is 20.5 Å². The number of morpholine rings is 1. The van der Waals surface area contributed by atoms with Crippen LogP contribution in [0.1, 0.15) is 18.8 Å². The van der Waals surface area contributed by atoms with Gasteiger partial charge in [-0.05, 0) is 6.92 Å². The van der Waals surface area contributed by atoms with Gasteiger partial charge in [0.1, 0.15) is 12.2 Å². The molecule has 1 saturated heterocycles. The predicted octanol–water partition coefficient (Wildman–Crippen LogP) is -0.639. The maximum atomic E-state index is 12.1. The molecule has 1 aromatic rings. The van der Waals surface area contributed by atoms with Crippen molar-refractivity contribution in [3.05, 3.63) is 12.2 Å². The number of aliphatic carboxylic acids is 1. The Morgan fingerprint density at radius 1 is 1.68 bits per heavy atom. The number of amides is 2. The SMILES string of the molecule is CC(NC(=O)N1CCOCC1C(=O)O)c1ncn[nH]1. The summed E-state index contributed by atoms with van der Waals surface area (Å²) in [4.78, 5) is 28.3. The van der Waals surface area contributed by atoms with Crippen LogP contribution in [-0.2, 0) is 9.53 Å². The third-order valence-electron chi connectivity index (χ3n) is 2.86. The molecule has 0 saturated carbocycles. The summed E-state index contributed by atoms with van der Waals surface area (Å²) in [7, 11) is 0. The fourth-order valence-corrected chi connectivity index (χ4v) is 1.81. The van der Waals surface area contributed by atoms with E-state index in [-0.39, 0.29) is 19.2 Å². The number of rotatable bonds is 3. The van der Waals surface area contributed by atoms with E-state index in [9.17, 15) is 9.59 Å². The van der Waals surface area contributed by atoms with Crippen LogP contribution in [0.2, 0.25) is 0 Å². The minimum Gasteiger partial charge on any atom is -0.480 e. The van der Waals surface area contributed by atoms with Crippen molar-refractivity contribution >= 4 is 12.0 Å². The fourth-order valence-electron chi connectivity index (χ4n) is 1.81. The van der Waals surface area contributed by atoms with Gasteiger partial charge in [0.25, 0.3) is 0 Å². The molecule has 2 heterocycles. The number of urea groups is 1. The normalized spacial score (nSPS) is 20.9. The number of aromatic nitrogens is 3. The van der Waals surface area contributed by atoms with Gasteiger partial charge in [-0.25, -0.2) is 14.6 Å². The number of ether oxygens (including phenoxy) is 1. The fraction of sp³-hybridized carbons (Fsp3) is 0.600. The van der Waals surface area contributed by atoms with Crippen molar-refractivity contribution in [1.29, 1.82) is 0 Å². The van der Waals surface area contributed by atoms with Crippen LogP contribution in [0.15, 0.2) is 6.33 Å². The van der Waals surface area contributed by atoms with Crippen LogP contribution >= 0.6 is 0 Å². The maximum absolute atomic E-state index is 12.1. The molecule has 1 aromatic heterocycles. The molecule has 0 bridgehead atoms. The average Bonchev–Trinajstić information content (AvgIpc) is 2.92. The number of aromatic amines is 1. The minimum absolute atomic E-state index is 0.000554. The molecule has 2 rings (SSSR count). The molecule has 1 aliphatic rings. The van der Waals surface area contributed by atoms with Crippen molar-refractivity contribution in [3.8, 4) is 0 Å². The number of hydrogen-bond acceptors (Lipinski definition) is 5. The van der Waals surface area contributed by atoms with E-state index in [0.29, 0.717) is 12.4 Å². The Labute approximate surface area is 109 Å². The average molecular weight is 269 g/mol. The first-order valence-corrected chi connectivity index (χ1v) is 5.82. The highest BCUT2D eigenvalue weighted by Gasteiger charge is 2.33. The van der Waals surface area contributed by atoms with Crippen molar-refractivity contribution < 1.29 is 19.4 Å². The highest BCUT2D eigenvalue weighted by atomic mass is 16.5. The molecule has 1 aliphatic heterocycles. The Bertz CT molecular complexity index is 449. The first-order valence-electron chi connectivity index (χ1n) is 5.82. The van der Waals surface area contributed by atoms with Crippen LogP contribution in [0.4, 0.5) is 4.79 Å². The van der Waals surface area contributed by atoms with E-state index in [1.165, 1.54) is 11.2 Å². The van der Waals surface area contributed by atoms with Crippen LogP contribution < -0.4 is 5.32 Å². The number of H-pyrrole nitrogens is 1. The Kier molecular flexibility index (Phi) is 3.95. The molecular formula is C10H15N5O4. The lowest BCUT2D eigenvalue weighted by Crippen LogP contribution is -2.55. The first kappa shape index (κ1) is 13.3. The number of carboxylic acid groups (broad SMARTS) is 1. The highest BCUT2D eigenvalue weighted by molar-refractivity contribution is 5.83. The zero-order chi connectivity index (χ0) is 13.8. The van der Waals surface area contributed by atoms with Crippen molar-refractivity contribution in [2.24, 2.45) is 0 Å². The summed E-state index contributed by atoms with van der Waals surface area (Å²) in [5.41, 5.74) is 0. The molecule has 0 aromatic carbocycles. The summed E-state index contributed by atoms with van der Waals surface area (Å²) >= 11 is 0. The van der Waals surface area contributed by atoms with Crippen LogP contribution in [-0.4, -0.2) is 63.0 Å². The monoisotopic (exact) mass is 269 g/mol. The molecule has 19 heavy (non-hydrogen) atoms. The van der Waals surface area contributed by atoms with Crippen LogP contribution in [0.25, 0.3) is 0 Å². The third kappa shape index (κ3) is 2.99. The standard InChI is InChI=1S/C10H15N5O4/c1-6(8-11-5-12-14-8)13-10(18)15-2-3-19-4-7(15)9(16)17/h5-7H,2-4H2,1H3,(H,13,18)(H,16,17)(H,11,12,14). The van der Waals surface area contributed by atoms with E-state index in [0.717, 1.165) is 0 Å². The lowest BCUT2D eigenvalue weighted by molar-refractivity contribution is -0.147. The van der Waals surface area contributed by atoms with Gasteiger partial charge in [0, 0.05) is 6.54 Å². The molecule has 104 valence electrons. The largest absolute Gasteiger partial charge is 0.480 e. The summed E-state index contributed by atoms with van der Waals surface area (Å²) in [5, 5.41) is 18.1. The number of carbonyl (C=O) groups excluding carboxylic acids is 1. The van der Waals surface area contributed by atoms with E-state index >= 15 is 0 Å². The van der Waals surface area contributed by atoms with Gasteiger partial charge in [-0.2, -0.15) is 5.10 Å². The topological polar surface area (TPSA) is 120 Å². The molecule has 0 radical (unpaired) electrons. The number of hydrogen-bond donors (Lipinski definition) is 3. The van der Waals surface area contributed by atoms with Crippen LogP contribution in [0, 0.1) is 0 Å². The Balaban J connectivity index is 2.00. The van der Waals surface area contributed by atoms with Gasteiger partial charge >= 0.3 is 12.0 Å². The third-order valence-corrected chi connectivity index (χ3v) is 2.86. The summed E-state index contributed by atoms with van der Waals surface area (Å²) in [6.07, 6.45) is 1.34. The highest BCUT2D eigenvalue weighted by Crippen LogP contribution is 2.10. The summed E-state index contributed by atoms with van der Waals surface area (Å²) < 4.78 is 5.07. The second kappa shape index (κ2) is 5.65. The first-order chi connectivity index (χ1) is 9.09. The second-order valence-electron chi connectivity index (χ2n) is 4.16. The minimum atomic E-state index is -1.08. The smallest absolute Gasteiger partial charge is 0.328 e. The summed E-state index contributed by atoms with van der Waals surface area (Å²) in [6.45, 7) is 2.30. The van der Waals surface area contributed by atoms with Gasteiger partial charge < -0.3 is 20.1 Å². The number of nitrogens with one attached hydrogen (secondary N) is 2. The van der Waals surface area contributed by atoms with Gasteiger partial charge in [-0.3, -0.25) is 5.10 Å². The molecule has 3 N–H and O–H groups in total. The van der Waals surface area contributed by atoms with Crippen molar-refractivity contribution in [2.75, 3.05) is 19.8 Å². The zero-order valence-corrected chi connectivity index (χ0v) is 10.4. The Hall–Kier alpha value is -2.16. The van der Waals surface area contributed by atoms with Gasteiger partial charge in [0.05, 0.1) is 19.3 Å². The quantitative estimate of drug-likeness (QED) is 0.671.